The second-order valence-electron chi connectivity index (χ2n) is 7.73. The summed E-state index contributed by atoms with van der Waals surface area (Å²) in [6, 6.07) is 1.22. The van der Waals surface area contributed by atoms with Crippen LogP contribution < -0.4 is 15.8 Å². The van der Waals surface area contributed by atoms with Crippen molar-refractivity contribution in [1.29, 1.82) is 0 Å². The number of nitrogens with two attached hydrogens (primary N) is 1. The third kappa shape index (κ3) is 5.24. The van der Waals surface area contributed by atoms with Crippen LogP contribution in [0.15, 0.2) is 23.2 Å². The number of anilines is 1. The molecule has 0 radical (unpaired) electrons. The van der Waals surface area contributed by atoms with Crippen LogP contribution in [-0.4, -0.2) is 37.3 Å². The van der Waals surface area contributed by atoms with Gasteiger partial charge in [-0.05, 0) is 30.9 Å². The number of nitrogens with zero attached hydrogens (tertiary/aromatic N) is 1. The van der Waals surface area contributed by atoms with Crippen molar-refractivity contribution < 1.29 is 22.0 Å². The number of rotatable bonds is 6. The monoisotopic (exact) mass is 416 g/mol. The van der Waals surface area contributed by atoms with Crippen LogP contribution in [0.4, 0.5) is 14.6 Å². The Bertz CT molecular complexity index is 786. The van der Waals surface area contributed by atoms with E-state index in [9.17, 15) is 22.0 Å². The lowest BCUT2D eigenvalue weighted by molar-refractivity contribution is -0.118. The van der Waals surface area contributed by atoms with Gasteiger partial charge in [-0.2, -0.15) is 0 Å². The highest BCUT2D eigenvalue weighted by molar-refractivity contribution is 7.89. The van der Waals surface area contributed by atoms with Crippen molar-refractivity contribution in [1.82, 2.24) is 9.71 Å². The zero-order valence-electron chi connectivity index (χ0n) is 15.5. The molecule has 0 spiro atoms. The Morgan fingerprint density at radius 3 is 2.36 bits per heavy atom. The number of hydrogen-bond donors (Lipinski definition) is 3. The highest BCUT2D eigenvalue weighted by Crippen LogP contribution is 2.38. The second-order valence-corrected chi connectivity index (χ2v) is 9.44. The van der Waals surface area contributed by atoms with Gasteiger partial charge in [0.1, 0.15) is 10.7 Å². The minimum absolute atomic E-state index is 0.131. The lowest BCUT2D eigenvalue weighted by Gasteiger charge is -2.34. The standard InChI is InChI=1S/C18H26F2N4O3S/c19-18(20)9-13(10-18)24-28(26,27)14-7-8-15(22-11-14)23-17(25)16(21)12-5-3-1-2-4-6-12/h7-8,11-13,16,24H,1-6,9-10,21H2,(H,22,23,25)/t16-/m0/s1. The first kappa shape index (κ1) is 21.1. The van der Waals surface area contributed by atoms with Crippen molar-refractivity contribution in [2.24, 2.45) is 11.7 Å². The lowest BCUT2D eigenvalue weighted by Crippen LogP contribution is -2.50. The molecular weight excluding hydrogens is 390 g/mol. The largest absolute Gasteiger partial charge is 0.320 e. The SMILES string of the molecule is N[C@H](C(=O)Nc1ccc(S(=O)(=O)NC2CC(F)(F)C2)cn1)C1CCCCCC1. The highest BCUT2D eigenvalue weighted by Gasteiger charge is 2.46. The van der Waals surface area contributed by atoms with E-state index in [0.717, 1.165) is 44.7 Å². The van der Waals surface area contributed by atoms with Gasteiger partial charge >= 0.3 is 0 Å². The van der Waals surface area contributed by atoms with Crippen molar-refractivity contribution in [3.05, 3.63) is 18.3 Å². The summed E-state index contributed by atoms with van der Waals surface area (Å²) >= 11 is 0. The van der Waals surface area contributed by atoms with Crippen molar-refractivity contribution in [3.63, 3.8) is 0 Å². The van der Waals surface area contributed by atoms with Crippen LogP contribution in [0.3, 0.4) is 0 Å². The van der Waals surface area contributed by atoms with Gasteiger partial charge in [0.15, 0.2) is 0 Å². The average Bonchev–Trinajstić information content (AvgIpc) is 2.89. The molecular formula is C18H26F2N4O3S. The number of aromatic nitrogens is 1. The first-order valence-corrected chi connectivity index (χ1v) is 11.1. The normalized spacial score (nSPS) is 22.1. The molecule has 28 heavy (non-hydrogen) atoms. The first-order chi connectivity index (χ1) is 13.2. The summed E-state index contributed by atoms with van der Waals surface area (Å²) in [5.74, 6) is -2.82. The van der Waals surface area contributed by atoms with E-state index < -0.39 is 40.9 Å². The van der Waals surface area contributed by atoms with Gasteiger partial charge in [0.05, 0.1) is 6.04 Å². The molecule has 1 amide bonds. The van der Waals surface area contributed by atoms with E-state index >= 15 is 0 Å². The molecule has 0 aliphatic heterocycles. The average molecular weight is 416 g/mol. The quantitative estimate of drug-likeness (QED) is 0.616. The summed E-state index contributed by atoms with van der Waals surface area (Å²) in [5, 5.41) is 2.62. The van der Waals surface area contributed by atoms with E-state index in [-0.39, 0.29) is 22.5 Å². The van der Waals surface area contributed by atoms with Crippen LogP contribution >= 0.6 is 0 Å². The van der Waals surface area contributed by atoms with Crippen LogP contribution in [0.5, 0.6) is 0 Å². The second kappa shape index (κ2) is 8.38. The number of pyridine rings is 1. The first-order valence-electron chi connectivity index (χ1n) is 9.59. The fraction of sp³-hybridized carbons (Fsp3) is 0.667. The number of carbonyl (C=O) groups is 1. The maximum absolute atomic E-state index is 12.9. The Labute approximate surface area is 163 Å². The van der Waals surface area contributed by atoms with Gasteiger partial charge in [0.25, 0.3) is 5.92 Å². The van der Waals surface area contributed by atoms with Crippen molar-refractivity contribution in [3.8, 4) is 0 Å². The molecule has 7 nitrogen and oxygen atoms in total. The minimum atomic E-state index is -3.94. The minimum Gasteiger partial charge on any atom is -0.320 e. The van der Waals surface area contributed by atoms with E-state index in [1.54, 1.807) is 0 Å². The number of carbonyl (C=O) groups excluding carboxylic acids is 1. The molecule has 156 valence electrons. The maximum atomic E-state index is 12.9. The van der Waals surface area contributed by atoms with Gasteiger partial charge in [-0.1, -0.05) is 25.7 Å². The van der Waals surface area contributed by atoms with E-state index in [1.807, 2.05) is 0 Å². The third-order valence-corrected chi connectivity index (χ3v) is 6.93. The predicted octanol–water partition coefficient (Wildman–Crippen LogP) is 2.39. The Hall–Kier alpha value is -1.65. The van der Waals surface area contributed by atoms with Crippen LogP contribution in [0.2, 0.25) is 0 Å². The molecule has 1 aromatic rings. The topological polar surface area (TPSA) is 114 Å². The summed E-state index contributed by atoms with van der Waals surface area (Å²) in [7, 11) is -3.94. The molecule has 1 atom stereocenters. The Morgan fingerprint density at radius 2 is 1.82 bits per heavy atom. The fourth-order valence-corrected chi connectivity index (χ4v) is 4.92. The van der Waals surface area contributed by atoms with Crippen LogP contribution in [0, 0.1) is 5.92 Å². The van der Waals surface area contributed by atoms with Gasteiger partial charge < -0.3 is 11.1 Å². The van der Waals surface area contributed by atoms with Gasteiger partial charge in [0.2, 0.25) is 15.9 Å². The number of amides is 1. The molecule has 2 aliphatic carbocycles. The maximum Gasteiger partial charge on any atom is 0.251 e. The van der Waals surface area contributed by atoms with Crippen molar-refractivity contribution >= 4 is 21.7 Å². The Balaban J connectivity index is 1.57. The number of hydrogen-bond acceptors (Lipinski definition) is 5. The van der Waals surface area contributed by atoms with Crippen molar-refractivity contribution in [2.45, 2.75) is 74.3 Å². The molecule has 4 N–H and O–H groups in total. The Morgan fingerprint density at radius 1 is 1.18 bits per heavy atom. The molecule has 2 aliphatic rings. The van der Waals surface area contributed by atoms with Crippen LogP contribution in [0.1, 0.15) is 51.4 Å². The zero-order chi connectivity index (χ0) is 20.4. The third-order valence-electron chi connectivity index (χ3n) is 5.42. The summed E-state index contributed by atoms with van der Waals surface area (Å²) in [6.07, 6.45) is 6.37. The number of nitrogens with one attached hydrogen (secondary N) is 2. The van der Waals surface area contributed by atoms with E-state index in [0.29, 0.717) is 0 Å². The number of sulfonamides is 1. The predicted molar refractivity (Wildman–Crippen MR) is 100 cm³/mol. The Kier molecular flexibility index (Phi) is 6.31. The highest BCUT2D eigenvalue weighted by atomic mass is 32.2. The van der Waals surface area contributed by atoms with E-state index in [1.165, 1.54) is 12.1 Å². The molecule has 1 aromatic heterocycles. The fourth-order valence-electron chi connectivity index (χ4n) is 3.74. The summed E-state index contributed by atoms with van der Waals surface area (Å²) in [5.41, 5.74) is 6.10. The van der Waals surface area contributed by atoms with Gasteiger partial charge in [-0.15, -0.1) is 0 Å². The number of halogens is 2. The summed E-state index contributed by atoms with van der Waals surface area (Å²) in [6.45, 7) is 0. The molecule has 0 bridgehead atoms. The van der Waals surface area contributed by atoms with Gasteiger partial charge in [-0.3, -0.25) is 4.79 Å². The molecule has 0 saturated heterocycles. The van der Waals surface area contributed by atoms with Crippen LogP contribution in [-0.2, 0) is 14.8 Å². The number of alkyl halides is 2. The summed E-state index contributed by atoms with van der Waals surface area (Å²) in [4.78, 5) is 16.2. The molecule has 2 saturated carbocycles. The van der Waals surface area contributed by atoms with E-state index in [4.69, 9.17) is 5.73 Å². The summed E-state index contributed by atoms with van der Waals surface area (Å²) < 4.78 is 52.4. The molecule has 0 unspecified atom stereocenters. The molecule has 3 rings (SSSR count). The van der Waals surface area contributed by atoms with E-state index in [2.05, 4.69) is 15.0 Å². The molecule has 1 heterocycles. The van der Waals surface area contributed by atoms with Gasteiger partial charge in [-0.25, -0.2) is 26.9 Å². The van der Waals surface area contributed by atoms with Crippen molar-refractivity contribution in [2.75, 3.05) is 5.32 Å². The van der Waals surface area contributed by atoms with Crippen LogP contribution in [0.25, 0.3) is 0 Å². The smallest absolute Gasteiger partial charge is 0.251 e. The lowest BCUT2D eigenvalue weighted by atomic mass is 9.89. The molecule has 2 fully saturated rings. The molecule has 0 aromatic carbocycles. The molecule has 10 heteroatoms. The zero-order valence-corrected chi connectivity index (χ0v) is 16.4. The van der Waals surface area contributed by atoms with Gasteiger partial charge in [0, 0.05) is 25.1 Å².